The summed E-state index contributed by atoms with van der Waals surface area (Å²) in [6.07, 6.45) is 0. The molecule has 1 aromatic rings. The largest absolute Gasteiger partial charge is 0.368 e. The molecule has 0 unspecified atom stereocenters. The number of amides is 2. The lowest BCUT2D eigenvalue weighted by Gasteiger charge is -2.37. The molecule has 0 bridgehead atoms. The van der Waals surface area contributed by atoms with Crippen LogP contribution in [-0.2, 0) is 4.79 Å². The minimum Gasteiger partial charge on any atom is -0.368 e. The Hall–Kier alpha value is -1.66. The maximum atomic E-state index is 13.8. The Morgan fingerprint density at radius 1 is 1.29 bits per heavy atom. The van der Waals surface area contributed by atoms with Crippen LogP contribution in [0, 0.1) is 5.82 Å². The Morgan fingerprint density at radius 3 is 2.43 bits per heavy atom. The van der Waals surface area contributed by atoms with Gasteiger partial charge in [-0.15, -0.1) is 0 Å². The highest BCUT2D eigenvalue weighted by molar-refractivity contribution is 6.30. The first-order valence-electron chi connectivity index (χ1n) is 6.68. The molecule has 5 nitrogen and oxygen atoms in total. The zero-order chi connectivity index (χ0) is 15.6. The van der Waals surface area contributed by atoms with Gasteiger partial charge in [-0.05, 0) is 25.1 Å². The van der Waals surface area contributed by atoms with E-state index in [2.05, 4.69) is 0 Å². The van der Waals surface area contributed by atoms with E-state index in [1.165, 1.54) is 12.1 Å². The molecule has 1 fully saturated rings. The number of carbonyl (C=O) groups excluding carboxylic acids is 2. The molecule has 1 saturated heterocycles. The highest BCUT2D eigenvalue weighted by Crippen LogP contribution is 2.17. The standard InChI is InChI=1S/C14H17ClFN3O2/c1-9(13(17)20)18-4-6-19(7-5-18)14(21)11-3-2-10(15)8-12(11)16/h2-3,8-9H,4-7H2,1H3,(H2,17,20)/t9-/m0/s1. The van der Waals surface area contributed by atoms with Crippen LogP contribution in [-0.4, -0.2) is 53.8 Å². The first kappa shape index (κ1) is 15.7. The molecule has 2 rings (SSSR count). The summed E-state index contributed by atoms with van der Waals surface area (Å²) < 4.78 is 13.8. The molecule has 1 aromatic carbocycles. The number of piperazine rings is 1. The fourth-order valence-electron chi connectivity index (χ4n) is 2.33. The molecule has 114 valence electrons. The van der Waals surface area contributed by atoms with Crippen molar-refractivity contribution in [1.82, 2.24) is 9.80 Å². The molecule has 0 aromatic heterocycles. The molecule has 1 atom stereocenters. The van der Waals surface area contributed by atoms with Crippen LogP contribution >= 0.6 is 11.6 Å². The zero-order valence-corrected chi connectivity index (χ0v) is 12.4. The Labute approximate surface area is 127 Å². The van der Waals surface area contributed by atoms with Gasteiger partial charge in [-0.25, -0.2) is 4.39 Å². The SMILES string of the molecule is C[C@@H](C(N)=O)N1CCN(C(=O)c2ccc(Cl)cc2F)CC1. The van der Waals surface area contributed by atoms with Gasteiger partial charge in [0.25, 0.3) is 5.91 Å². The second-order valence-electron chi connectivity index (χ2n) is 5.03. The van der Waals surface area contributed by atoms with Crippen LogP contribution in [0.4, 0.5) is 4.39 Å². The van der Waals surface area contributed by atoms with Gasteiger partial charge in [0.2, 0.25) is 5.91 Å². The molecule has 7 heteroatoms. The van der Waals surface area contributed by atoms with E-state index in [9.17, 15) is 14.0 Å². The van der Waals surface area contributed by atoms with E-state index in [0.717, 1.165) is 6.07 Å². The lowest BCUT2D eigenvalue weighted by atomic mass is 10.1. The maximum absolute atomic E-state index is 13.8. The molecule has 0 spiro atoms. The molecule has 2 N–H and O–H groups in total. The van der Waals surface area contributed by atoms with Gasteiger partial charge in [-0.3, -0.25) is 14.5 Å². The van der Waals surface area contributed by atoms with Gasteiger partial charge in [-0.2, -0.15) is 0 Å². The molecular weight excluding hydrogens is 297 g/mol. The fraction of sp³-hybridized carbons (Fsp3) is 0.429. The van der Waals surface area contributed by atoms with E-state index >= 15 is 0 Å². The molecule has 0 saturated carbocycles. The molecule has 0 radical (unpaired) electrons. The smallest absolute Gasteiger partial charge is 0.256 e. The predicted molar refractivity (Wildman–Crippen MR) is 77.5 cm³/mol. The van der Waals surface area contributed by atoms with E-state index in [1.807, 2.05) is 4.90 Å². The first-order valence-corrected chi connectivity index (χ1v) is 7.05. The van der Waals surface area contributed by atoms with Crippen LogP contribution in [0.15, 0.2) is 18.2 Å². The first-order chi connectivity index (χ1) is 9.90. The third-order valence-electron chi connectivity index (χ3n) is 3.72. The number of carbonyl (C=O) groups is 2. The van der Waals surface area contributed by atoms with Crippen molar-refractivity contribution in [2.75, 3.05) is 26.2 Å². The van der Waals surface area contributed by atoms with Gasteiger partial charge in [0, 0.05) is 31.2 Å². The van der Waals surface area contributed by atoms with E-state index in [-0.39, 0.29) is 22.5 Å². The van der Waals surface area contributed by atoms with Crippen molar-refractivity contribution in [3.05, 3.63) is 34.6 Å². The molecule has 1 heterocycles. The van der Waals surface area contributed by atoms with Gasteiger partial charge in [-0.1, -0.05) is 11.6 Å². The van der Waals surface area contributed by atoms with E-state index in [4.69, 9.17) is 17.3 Å². The molecular formula is C14H17ClFN3O2. The summed E-state index contributed by atoms with van der Waals surface area (Å²) in [4.78, 5) is 26.9. The maximum Gasteiger partial charge on any atom is 0.256 e. The summed E-state index contributed by atoms with van der Waals surface area (Å²) >= 11 is 5.68. The Morgan fingerprint density at radius 2 is 1.90 bits per heavy atom. The molecule has 2 amide bonds. The number of hydrogen-bond acceptors (Lipinski definition) is 3. The molecule has 21 heavy (non-hydrogen) atoms. The van der Waals surface area contributed by atoms with Crippen LogP contribution in [0.3, 0.4) is 0 Å². The summed E-state index contributed by atoms with van der Waals surface area (Å²) in [7, 11) is 0. The summed E-state index contributed by atoms with van der Waals surface area (Å²) in [5.41, 5.74) is 5.27. The summed E-state index contributed by atoms with van der Waals surface area (Å²) in [6.45, 7) is 3.66. The van der Waals surface area contributed by atoms with Crippen molar-refractivity contribution in [3.8, 4) is 0 Å². The van der Waals surface area contributed by atoms with Gasteiger partial charge < -0.3 is 10.6 Å². The quantitative estimate of drug-likeness (QED) is 0.909. The van der Waals surface area contributed by atoms with Crippen molar-refractivity contribution in [2.45, 2.75) is 13.0 Å². The lowest BCUT2D eigenvalue weighted by Crippen LogP contribution is -2.54. The topological polar surface area (TPSA) is 66.6 Å². The predicted octanol–water partition coefficient (Wildman–Crippen LogP) is 1.11. The highest BCUT2D eigenvalue weighted by Gasteiger charge is 2.27. The van der Waals surface area contributed by atoms with E-state index in [0.29, 0.717) is 26.2 Å². The minimum atomic E-state index is -0.625. The minimum absolute atomic E-state index is 0.01000. The molecule has 0 aliphatic carbocycles. The Kier molecular flexibility index (Phi) is 4.80. The van der Waals surface area contributed by atoms with Crippen LogP contribution in [0.1, 0.15) is 17.3 Å². The van der Waals surface area contributed by atoms with Crippen LogP contribution in [0.25, 0.3) is 0 Å². The third kappa shape index (κ3) is 3.51. The van der Waals surface area contributed by atoms with Crippen LogP contribution in [0.5, 0.6) is 0 Å². The Bertz CT molecular complexity index is 559. The van der Waals surface area contributed by atoms with Gasteiger partial charge in [0.15, 0.2) is 0 Å². The average Bonchev–Trinajstić information content (AvgIpc) is 2.46. The number of nitrogens with zero attached hydrogens (tertiary/aromatic N) is 2. The van der Waals surface area contributed by atoms with E-state index in [1.54, 1.807) is 11.8 Å². The number of halogens is 2. The fourth-order valence-corrected chi connectivity index (χ4v) is 2.48. The number of rotatable bonds is 3. The molecule has 1 aliphatic rings. The summed E-state index contributed by atoms with van der Waals surface area (Å²) in [6, 6.07) is 3.64. The van der Waals surface area contributed by atoms with E-state index < -0.39 is 11.7 Å². The lowest BCUT2D eigenvalue weighted by molar-refractivity contribution is -0.123. The number of benzene rings is 1. The number of hydrogen-bond donors (Lipinski definition) is 1. The number of primary amides is 1. The summed E-state index contributed by atoms with van der Waals surface area (Å²) in [5.74, 6) is -1.38. The van der Waals surface area contributed by atoms with Gasteiger partial charge in [0.1, 0.15) is 5.82 Å². The van der Waals surface area contributed by atoms with Gasteiger partial charge in [0.05, 0.1) is 11.6 Å². The monoisotopic (exact) mass is 313 g/mol. The zero-order valence-electron chi connectivity index (χ0n) is 11.7. The van der Waals surface area contributed by atoms with Gasteiger partial charge >= 0.3 is 0 Å². The second kappa shape index (κ2) is 6.41. The average molecular weight is 314 g/mol. The highest BCUT2D eigenvalue weighted by atomic mass is 35.5. The van der Waals surface area contributed by atoms with Crippen LogP contribution < -0.4 is 5.73 Å². The third-order valence-corrected chi connectivity index (χ3v) is 3.96. The number of nitrogens with two attached hydrogens (primary N) is 1. The summed E-state index contributed by atoms with van der Waals surface area (Å²) in [5, 5.41) is 0.254. The second-order valence-corrected chi connectivity index (χ2v) is 5.47. The van der Waals surface area contributed by atoms with Crippen LogP contribution in [0.2, 0.25) is 5.02 Å². The van der Waals surface area contributed by atoms with Crippen molar-refractivity contribution in [2.24, 2.45) is 5.73 Å². The van der Waals surface area contributed by atoms with Crippen molar-refractivity contribution in [1.29, 1.82) is 0 Å². The normalized spacial score (nSPS) is 17.6. The molecule has 1 aliphatic heterocycles. The van der Waals surface area contributed by atoms with Crippen molar-refractivity contribution in [3.63, 3.8) is 0 Å². The Balaban J connectivity index is 2.02. The van der Waals surface area contributed by atoms with Crippen molar-refractivity contribution >= 4 is 23.4 Å². The van der Waals surface area contributed by atoms with Crippen molar-refractivity contribution < 1.29 is 14.0 Å².